The van der Waals surface area contributed by atoms with E-state index in [2.05, 4.69) is 22.7 Å². The number of hydrogen-bond donors (Lipinski definition) is 3. The van der Waals surface area contributed by atoms with Gasteiger partial charge in [-0.1, -0.05) is 33.6 Å². The number of aromatic nitrogens is 4. The van der Waals surface area contributed by atoms with Crippen LogP contribution in [0.15, 0.2) is 36.8 Å². The molecule has 1 aliphatic rings. The van der Waals surface area contributed by atoms with E-state index in [4.69, 9.17) is 15.5 Å². The van der Waals surface area contributed by atoms with Crippen LogP contribution in [0.2, 0.25) is 0 Å². The molecule has 1 saturated carbocycles. The molecule has 0 amide bonds. The van der Waals surface area contributed by atoms with Gasteiger partial charge in [0.05, 0.1) is 12.8 Å². The normalized spacial score (nSPS) is 18.8. The van der Waals surface area contributed by atoms with Gasteiger partial charge in [0.1, 0.15) is 17.7 Å². The summed E-state index contributed by atoms with van der Waals surface area (Å²) in [5.74, 6) is 1.41. The number of nitrogens with two attached hydrogens (primary N) is 1. The Kier molecular flexibility index (Phi) is 8.25. The molecule has 0 saturated heterocycles. The number of fused-ring (bicyclic) bond motifs is 1. The third kappa shape index (κ3) is 6.04. The highest BCUT2D eigenvalue weighted by Crippen LogP contribution is 2.29. The maximum absolute atomic E-state index is 12.3. The minimum absolute atomic E-state index is 0.0396. The van der Waals surface area contributed by atoms with Crippen molar-refractivity contribution in [3.63, 3.8) is 0 Å². The van der Waals surface area contributed by atoms with Crippen molar-refractivity contribution in [3.8, 4) is 0 Å². The van der Waals surface area contributed by atoms with E-state index in [1.807, 2.05) is 32.2 Å². The molecule has 0 spiro atoms. The molecular weight excluding hydrogens is 458 g/mol. The molecule has 1 aliphatic carbocycles. The number of rotatable bonds is 10. The van der Waals surface area contributed by atoms with Crippen LogP contribution in [0.25, 0.3) is 5.65 Å². The Balaban J connectivity index is 1.52. The Morgan fingerprint density at radius 2 is 2.17 bits per heavy atom. The van der Waals surface area contributed by atoms with Gasteiger partial charge in [-0.25, -0.2) is 4.98 Å². The third-order valence-corrected chi connectivity index (χ3v) is 6.91. The first-order valence-corrected chi connectivity index (χ1v) is 12.8. The van der Waals surface area contributed by atoms with Crippen LogP contribution in [0.3, 0.4) is 0 Å². The van der Waals surface area contributed by atoms with Gasteiger partial charge in [0.25, 0.3) is 0 Å². The smallest absolute Gasteiger partial charge is 0.323 e. The van der Waals surface area contributed by atoms with Crippen molar-refractivity contribution in [3.05, 3.63) is 53.1 Å². The SMILES string of the molecule is CCc1cnn2c(NCc3ccc[n+]([O-])c3)cc(N[C@H]3CCCC[C@H]3COC(=O)[C@@H](N)C(C)C)nc12. The van der Waals surface area contributed by atoms with Gasteiger partial charge in [-0.2, -0.15) is 14.3 Å². The van der Waals surface area contributed by atoms with Crippen LogP contribution in [0.5, 0.6) is 0 Å². The Morgan fingerprint density at radius 3 is 2.92 bits per heavy atom. The fraction of sp³-hybridized carbons (Fsp3) is 0.538. The van der Waals surface area contributed by atoms with E-state index < -0.39 is 6.04 Å². The number of anilines is 2. The zero-order valence-electron chi connectivity index (χ0n) is 21.3. The van der Waals surface area contributed by atoms with E-state index in [-0.39, 0.29) is 23.8 Å². The monoisotopic (exact) mass is 495 g/mol. The zero-order valence-corrected chi connectivity index (χ0v) is 21.3. The molecule has 3 atom stereocenters. The lowest BCUT2D eigenvalue weighted by Crippen LogP contribution is -2.40. The molecule has 0 radical (unpaired) electrons. The first-order chi connectivity index (χ1) is 17.4. The number of aryl methyl sites for hydroxylation is 1. The van der Waals surface area contributed by atoms with E-state index in [0.717, 1.165) is 65.2 Å². The van der Waals surface area contributed by atoms with Crippen molar-refractivity contribution in [1.29, 1.82) is 0 Å². The highest BCUT2D eigenvalue weighted by Gasteiger charge is 2.28. The van der Waals surface area contributed by atoms with Crippen LogP contribution in [0, 0.1) is 17.0 Å². The van der Waals surface area contributed by atoms with Gasteiger partial charge in [0.2, 0.25) is 0 Å². The summed E-state index contributed by atoms with van der Waals surface area (Å²) in [7, 11) is 0. The summed E-state index contributed by atoms with van der Waals surface area (Å²) in [6.45, 7) is 6.74. The van der Waals surface area contributed by atoms with Crippen molar-refractivity contribution in [2.24, 2.45) is 17.6 Å². The summed E-state index contributed by atoms with van der Waals surface area (Å²) >= 11 is 0. The number of carbonyl (C=O) groups is 1. The minimum atomic E-state index is -0.604. The molecule has 10 nitrogen and oxygen atoms in total. The molecule has 3 heterocycles. The lowest BCUT2D eigenvalue weighted by Gasteiger charge is -2.32. The number of nitrogens with one attached hydrogen (secondary N) is 2. The van der Waals surface area contributed by atoms with Gasteiger partial charge >= 0.3 is 5.97 Å². The molecule has 10 heteroatoms. The fourth-order valence-corrected chi connectivity index (χ4v) is 4.60. The number of esters is 1. The van der Waals surface area contributed by atoms with E-state index in [1.165, 1.54) is 6.20 Å². The lowest BCUT2D eigenvalue weighted by molar-refractivity contribution is -0.605. The summed E-state index contributed by atoms with van der Waals surface area (Å²) in [5, 5.41) is 23.2. The van der Waals surface area contributed by atoms with E-state index in [1.54, 1.807) is 16.8 Å². The number of hydrogen-bond acceptors (Lipinski definition) is 8. The summed E-state index contributed by atoms with van der Waals surface area (Å²) in [4.78, 5) is 17.2. The molecule has 3 aromatic rings. The highest BCUT2D eigenvalue weighted by molar-refractivity contribution is 5.75. The van der Waals surface area contributed by atoms with Crippen molar-refractivity contribution in [2.75, 3.05) is 17.2 Å². The number of nitrogens with zero attached hydrogens (tertiary/aromatic N) is 4. The molecule has 3 aromatic heterocycles. The summed E-state index contributed by atoms with van der Waals surface area (Å²) in [5.41, 5.74) is 8.67. The molecule has 4 rings (SSSR count). The molecule has 0 aromatic carbocycles. The Bertz CT molecular complexity index is 1180. The van der Waals surface area contributed by atoms with Crippen LogP contribution in [0.4, 0.5) is 11.6 Å². The van der Waals surface area contributed by atoms with E-state index in [0.29, 0.717) is 13.2 Å². The first kappa shape index (κ1) is 25.7. The average molecular weight is 496 g/mol. The largest absolute Gasteiger partial charge is 0.619 e. The van der Waals surface area contributed by atoms with Crippen LogP contribution in [0.1, 0.15) is 57.6 Å². The van der Waals surface area contributed by atoms with Crippen LogP contribution < -0.4 is 21.1 Å². The van der Waals surface area contributed by atoms with E-state index >= 15 is 0 Å². The Labute approximate surface area is 211 Å². The van der Waals surface area contributed by atoms with Crippen molar-refractivity contribution >= 4 is 23.3 Å². The highest BCUT2D eigenvalue weighted by atomic mass is 16.5. The van der Waals surface area contributed by atoms with Gasteiger partial charge < -0.3 is 26.3 Å². The molecule has 36 heavy (non-hydrogen) atoms. The Morgan fingerprint density at radius 1 is 1.36 bits per heavy atom. The van der Waals surface area contributed by atoms with Crippen molar-refractivity contribution < 1.29 is 14.3 Å². The topological polar surface area (TPSA) is 134 Å². The zero-order chi connectivity index (χ0) is 25.7. The summed E-state index contributed by atoms with van der Waals surface area (Å²) in [6.07, 6.45) is 9.83. The van der Waals surface area contributed by atoms with Gasteiger partial charge in [-0.05, 0) is 31.2 Å². The van der Waals surface area contributed by atoms with Crippen molar-refractivity contribution in [1.82, 2.24) is 14.6 Å². The molecule has 4 N–H and O–H groups in total. The second-order valence-corrected chi connectivity index (χ2v) is 9.91. The predicted molar refractivity (Wildman–Crippen MR) is 138 cm³/mol. The van der Waals surface area contributed by atoms with Crippen LogP contribution in [-0.4, -0.2) is 39.3 Å². The molecule has 0 aliphatic heterocycles. The van der Waals surface area contributed by atoms with Crippen LogP contribution in [-0.2, 0) is 22.5 Å². The second kappa shape index (κ2) is 11.6. The number of pyridine rings is 1. The van der Waals surface area contributed by atoms with Gasteiger partial charge in [0, 0.05) is 41.8 Å². The maximum Gasteiger partial charge on any atom is 0.323 e. The van der Waals surface area contributed by atoms with Gasteiger partial charge in [0.15, 0.2) is 18.0 Å². The Hall–Kier alpha value is -3.40. The minimum Gasteiger partial charge on any atom is -0.619 e. The third-order valence-electron chi connectivity index (χ3n) is 6.91. The molecule has 0 bridgehead atoms. The number of ether oxygens (including phenoxy) is 1. The first-order valence-electron chi connectivity index (χ1n) is 12.8. The maximum atomic E-state index is 12.3. The lowest BCUT2D eigenvalue weighted by atomic mass is 9.85. The standard InChI is InChI=1S/C26H37N7O3/c1-4-19-14-29-33-23(28-13-18-8-7-11-32(35)15-18)12-22(31-25(19)33)30-21-10-6-5-9-20(21)16-36-26(34)24(27)17(2)3/h7-8,11-12,14-15,17,20-21,24,28H,4-6,9-10,13,16,27H2,1-3H3,(H,30,31)/t20-,21-,24-/m0/s1. The molecule has 194 valence electrons. The van der Waals surface area contributed by atoms with Gasteiger partial charge in [-0.3, -0.25) is 4.79 Å². The summed E-state index contributed by atoms with van der Waals surface area (Å²) in [6, 6.07) is 5.10. The second-order valence-electron chi connectivity index (χ2n) is 9.91. The molecular formula is C26H37N7O3. The molecule has 0 unspecified atom stereocenters. The number of carbonyl (C=O) groups excluding carboxylic acids is 1. The fourth-order valence-electron chi connectivity index (χ4n) is 4.60. The molecule has 1 fully saturated rings. The predicted octanol–water partition coefficient (Wildman–Crippen LogP) is 3.03. The van der Waals surface area contributed by atoms with E-state index in [9.17, 15) is 10.0 Å². The summed E-state index contributed by atoms with van der Waals surface area (Å²) < 4.78 is 8.20. The quantitative estimate of drug-likeness (QED) is 0.222. The van der Waals surface area contributed by atoms with Crippen LogP contribution >= 0.6 is 0 Å². The van der Waals surface area contributed by atoms with Gasteiger partial charge in [-0.15, -0.1) is 0 Å². The van der Waals surface area contributed by atoms with Crippen molar-refractivity contribution in [2.45, 2.75) is 71.5 Å². The average Bonchev–Trinajstić information content (AvgIpc) is 3.29.